The average molecular weight is 383 g/mol. The van der Waals surface area contributed by atoms with E-state index in [1.54, 1.807) is 12.1 Å². The number of carbonyl (C=O) groups is 1. The van der Waals surface area contributed by atoms with E-state index in [0.717, 1.165) is 23.6 Å². The van der Waals surface area contributed by atoms with Gasteiger partial charge in [-0.05, 0) is 57.2 Å². The summed E-state index contributed by atoms with van der Waals surface area (Å²) in [6.45, 7) is 4.03. The molecule has 2 aliphatic rings. The van der Waals surface area contributed by atoms with Crippen LogP contribution in [-0.2, 0) is 15.0 Å². The molecule has 3 rings (SSSR count). The molecule has 6 nitrogen and oxygen atoms in total. The molecule has 1 N–H and O–H groups in total. The molecule has 8 heteroatoms. The first-order valence-electron chi connectivity index (χ1n) is 9.03. The van der Waals surface area contributed by atoms with Gasteiger partial charge < -0.3 is 4.90 Å². The molecule has 0 aromatic heterocycles. The summed E-state index contributed by atoms with van der Waals surface area (Å²) in [5.74, 6) is -0.530. The third-order valence-electron chi connectivity index (χ3n) is 5.57. The molecule has 2 fully saturated rings. The number of nitrogens with zero attached hydrogens (tertiary/aromatic N) is 2. The van der Waals surface area contributed by atoms with Crippen molar-refractivity contribution < 1.29 is 17.6 Å². The quantitative estimate of drug-likeness (QED) is 0.851. The van der Waals surface area contributed by atoms with Crippen LogP contribution in [0.1, 0.15) is 51.1 Å². The van der Waals surface area contributed by atoms with Gasteiger partial charge >= 0.3 is 0 Å². The summed E-state index contributed by atoms with van der Waals surface area (Å²) in [5, 5.41) is 0. The Balaban J connectivity index is 1.89. The van der Waals surface area contributed by atoms with E-state index in [0.29, 0.717) is 12.0 Å². The standard InChI is InChI=1S/C18H26FN3O3S/c1-12-5-4-6-13(2)22(12)18(23)17-11-16(20-26(24,25)21(17)3)14-7-9-15(19)10-8-14/h7-10,12-13,16-17,20H,4-6,11H2,1-3H3/t12-,13+,16-,17+/m0/s1. The third-order valence-corrected chi connectivity index (χ3v) is 7.17. The van der Waals surface area contributed by atoms with Crippen molar-refractivity contribution in [3.63, 3.8) is 0 Å². The number of nitrogens with one attached hydrogen (secondary N) is 1. The Labute approximate surface area is 154 Å². The first-order valence-corrected chi connectivity index (χ1v) is 10.5. The van der Waals surface area contributed by atoms with Gasteiger partial charge in [0.15, 0.2) is 0 Å². The molecule has 26 heavy (non-hydrogen) atoms. The van der Waals surface area contributed by atoms with E-state index < -0.39 is 22.3 Å². The van der Waals surface area contributed by atoms with Crippen LogP contribution in [0.3, 0.4) is 0 Å². The van der Waals surface area contributed by atoms with Gasteiger partial charge in [0.2, 0.25) is 5.91 Å². The van der Waals surface area contributed by atoms with Gasteiger partial charge in [-0.15, -0.1) is 0 Å². The van der Waals surface area contributed by atoms with Crippen molar-refractivity contribution in [1.82, 2.24) is 13.9 Å². The van der Waals surface area contributed by atoms with Crippen LogP contribution >= 0.6 is 0 Å². The highest BCUT2D eigenvalue weighted by molar-refractivity contribution is 7.87. The fourth-order valence-electron chi connectivity index (χ4n) is 4.03. The van der Waals surface area contributed by atoms with Crippen LogP contribution in [0.15, 0.2) is 24.3 Å². The summed E-state index contributed by atoms with van der Waals surface area (Å²) < 4.78 is 42.0. The number of carbonyl (C=O) groups excluding carboxylic acids is 1. The summed E-state index contributed by atoms with van der Waals surface area (Å²) >= 11 is 0. The highest BCUT2D eigenvalue weighted by Crippen LogP contribution is 2.31. The lowest BCUT2D eigenvalue weighted by Crippen LogP contribution is -2.60. The molecule has 0 bridgehead atoms. The molecule has 1 aromatic rings. The number of hydrogen-bond acceptors (Lipinski definition) is 3. The maximum atomic E-state index is 13.2. The zero-order chi connectivity index (χ0) is 19.1. The van der Waals surface area contributed by atoms with E-state index >= 15 is 0 Å². The van der Waals surface area contributed by atoms with Crippen molar-refractivity contribution in [3.8, 4) is 0 Å². The number of rotatable bonds is 2. The number of hydrogen-bond donors (Lipinski definition) is 1. The van der Waals surface area contributed by atoms with Gasteiger partial charge in [0.25, 0.3) is 10.2 Å². The summed E-state index contributed by atoms with van der Waals surface area (Å²) in [7, 11) is -2.36. The zero-order valence-electron chi connectivity index (χ0n) is 15.4. The summed E-state index contributed by atoms with van der Waals surface area (Å²) in [6, 6.07) is 4.59. The number of likely N-dealkylation sites (N-methyl/N-ethyl adjacent to an activating group) is 1. The van der Waals surface area contributed by atoms with Gasteiger partial charge in [0.05, 0.1) is 0 Å². The Morgan fingerprint density at radius 1 is 1.15 bits per heavy atom. The zero-order valence-corrected chi connectivity index (χ0v) is 16.2. The van der Waals surface area contributed by atoms with Crippen LogP contribution in [0.4, 0.5) is 4.39 Å². The van der Waals surface area contributed by atoms with Crippen molar-refractivity contribution in [3.05, 3.63) is 35.6 Å². The van der Waals surface area contributed by atoms with Crippen molar-refractivity contribution in [2.24, 2.45) is 0 Å². The van der Waals surface area contributed by atoms with Gasteiger partial charge in [-0.1, -0.05) is 12.1 Å². The highest BCUT2D eigenvalue weighted by Gasteiger charge is 2.44. The van der Waals surface area contributed by atoms with Gasteiger partial charge in [0, 0.05) is 25.2 Å². The van der Waals surface area contributed by atoms with Crippen LogP contribution in [-0.4, -0.2) is 48.7 Å². The van der Waals surface area contributed by atoms with Crippen molar-refractivity contribution in [1.29, 1.82) is 0 Å². The molecule has 1 aromatic carbocycles. The van der Waals surface area contributed by atoms with Crippen LogP contribution in [0.5, 0.6) is 0 Å². The first-order chi connectivity index (χ1) is 12.2. The number of likely N-dealkylation sites (tertiary alicyclic amines) is 1. The second-order valence-corrected chi connectivity index (χ2v) is 9.13. The summed E-state index contributed by atoms with van der Waals surface area (Å²) in [4.78, 5) is 15.1. The summed E-state index contributed by atoms with van der Waals surface area (Å²) in [5.41, 5.74) is 0.653. The molecule has 2 heterocycles. The van der Waals surface area contributed by atoms with Gasteiger partial charge in [-0.2, -0.15) is 17.4 Å². The predicted octanol–water partition coefficient (Wildman–Crippen LogP) is 2.19. The minimum atomic E-state index is -3.79. The maximum absolute atomic E-state index is 13.2. The number of benzene rings is 1. The van der Waals surface area contributed by atoms with Gasteiger partial charge in [-0.3, -0.25) is 4.79 Å². The van der Waals surface area contributed by atoms with E-state index in [2.05, 4.69) is 4.72 Å². The van der Waals surface area contributed by atoms with Crippen LogP contribution < -0.4 is 4.72 Å². The molecular formula is C18H26FN3O3S. The molecule has 4 atom stereocenters. The SMILES string of the molecule is C[C@@H]1CCC[C@H](C)N1C(=O)[C@H]1C[C@@H](c2ccc(F)cc2)NS(=O)(=O)N1C. The largest absolute Gasteiger partial charge is 0.336 e. The summed E-state index contributed by atoms with van der Waals surface area (Å²) in [6.07, 6.45) is 3.25. The molecule has 1 amide bonds. The molecule has 0 saturated carbocycles. The second kappa shape index (κ2) is 7.25. The average Bonchev–Trinajstić information content (AvgIpc) is 2.57. The smallest absolute Gasteiger partial charge is 0.280 e. The van der Waals surface area contributed by atoms with Crippen LogP contribution in [0.25, 0.3) is 0 Å². The molecule has 144 valence electrons. The van der Waals surface area contributed by atoms with E-state index in [-0.39, 0.29) is 23.8 Å². The molecule has 0 radical (unpaired) electrons. The fraction of sp³-hybridized carbons (Fsp3) is 0.611. The minimum Gasteiger partial charge on any atom is -0.336 e. The predicted molar refractivity (Wildman–Crippen MR) is 97.0 cm³/mol. The lowest BCUT2D eigenvalue weighted by molar-refractivity contribution is -0.142. The molecule has 0 unspecified atom stereocenters. The van der Waals surface area contributed by atoms with Crippen molar-refractivity contribution in [2.45, 2.75) is 63.7 Å². The molecular weight excluding hydrogens is 357 g/mol. The van der Waals surface area contributed by atoms with E-state index in [1.807, 2.05) is 18.7 Å². The Morgan fingerprint density at radius 2 is 1.73 bits per heavy atom. The highest BCUT2D eigenvalue weighted by atomic mass is 32.2. The Kier molecular flexibility index (Phi) is 5.37. The van der Waals surface area contributed by atoms with E-state index in [9.17, 15) is 17.6 Å². The fourth-order valence-corrected chi connectivity index (χ4v) is 5.30. The maximum Gasteiger partial charge on any atom is 0.280 e. The molecule has 0 aliphatic carbocycles. The van der Waals surface area contributed by atoms with Gasteiger partial charge in [-0.25, -0.2) is 4.39 Å². The van der Waals surface area contributed by atoms with Crippen molar-refractivity contribution >= 4 is 16.1 Å². The van der Waals surface area contributed by atoms with Crippen LogP contribution in [0.2, 0.25) is 0 Å². The topological polar surface area (TPSA) is 69.7 Å². The lowest BCUT2D eigenvalue weighted by Gasteiger charge is -2.44. The minimum absolute atomic E-state index is 0.0986. The van der Waals surface area contributed by atoms with Crippen LogP contribution in [0, 0.1) is 5.82 Å². The van der Waals surface area contributed by atoms with E-state index in [4.69, 9.17) is 0 Å². The molecule has 2 saturated heterocycles. The second-order valence-electron chi connectivity index (χ2n) is 7.37. The van der Waals surface area contributed by atoms with Crippen molar-refractivity contribution in [2.75, 3.05) is 7.05 Å². The third kappa shape index (κ3) is 3.63. The number of amides is 1. The monoisotopic (exact) mass is 383 g/mol. The Hall–Kier alpha value is -1.51. The van der Waals surface area contributed by atoms with E-state index in [1.165, 1.54) is 19.2 Å². The first kappa shape index (κ1) is 19.3. The van der Waals surface area contributed by atoms with Gasteiger partial charge in [0.1, 0.15) is 11.9 Å². The number of piperidine rings is 1. The molecule has 0 spiro atoms. The lowest BCUT2D eigenvalue weighted by atomic mass is 9.94. The Bertz CT molecular complexity index is 758. The molecule has 2 aliphatic heterocycles. The normalized spacial score (nSPS) is 32.4. The number of halogens is 1. The Morgan fingerprint density at radius 3 is 2.31 bits per heavy atom.